The molecule has 3 unspecified atom stereocenters. The number of benzene rings is 3. The van der Waals surface area contributed by atoms with Gasteiger partial charge in [-0.05, 0) is 61.6 Å². The summed E-state index contributed by atoms with van der Waals surface area (Å²) >= 11 is 0. The van der Waals surface area contributed by atoms with E-state index >= 15 is 0 Å². The van der Waals surface area contributed by atoms with Crippen molar-refractivity contribution in [3.63, 3.8) is 0 Å². The van der Waals surface area contributed by atoms with E-state index in [2.05, 4.69) is 0 Å². The second kappa shape index (κ2) is 13.4. The van der Waals surface area contributed by atoms with Crippen LogP contribution in [0.25, 0.3) is 11.1 Å². The molecule has 3 aromatic rings. The Bertz CT molecular complexity index is 1310. The van der Waals surface area contributed by atoms with Crippen LogP contribution in [0.1, 0.15) is 56.8 Å². The smallest absolute Gasteiger partial charge is 0.201 e. The predicted molar refractivity (Wildman–Crippen MR) is 140 cm³/mol. The topological polar surface area (TPSA) is 27.7 Å². The van der Waals surface area contributed by atoms with Crippen molar-refractivity contribution < 1.29 is 40.6 Å². The Balaban J connectivity index is 1.30. The fraction of sp³-hybridized carbons (Fsp3) is 0.419. The van der Waals surface area contributed by atoms with E-state index in [4.69, 9.17) is 14.2 Å². The minimum Gasteiger partial charge on any atom is -0.491 e. The van der Waals surface area contributed by atoms with Crippen molar-refractivity contribution in [2.24, 2.45) is 5.92 Å². The second-order valence-corrected chi connectivity index (χ2v) is 9.82. The van der Waals surface area contributed by atoms with Crippen LogP contribution in [0.4, 0.5) is 26.3 Å². The van der Waals surface area contributed by atoms with Gasteiger partial charge in [0.1, 0.15) is 6.17 Å². The second-order valence-electron chi connectivity index (χ2n) is 9.82. The SMILES string of the molecule is CCCc1ccc(C2CCC(C(F)CCOc3ccc(-c4ccc(OCC)c(F)c4)c(F)c3F)CO2)c(F)c1F. The summed E-state index contributed by atoms with van der Waals surface area (Å²) in [6, 6.07) is 9.38. The zero-order valence-corrected chi connectivity index (χ0v) is 22.4. The number of rotatable bonds is 11. The third-order valence-electron chi connectivity index (χ3n) is 7.12. The molecule has 0 radical (unpaired) electrons. The summed E-state index contributed by atoms with van der Waals surface area (Å²) in [4.78, 5) is 0. The van der Waals surface area contributed by atoms with Crippen molar-refractivity contribution in [1.82, 2.24) is 0 Å². The summed E-state index contributed by atoms with van der Waals surface area (Å²) in [6.07, 6.45) is -0.274. The molecule has 9 heteroatoms. The van der Waals surface area contributed by atoms with E-state index in [0.717, 1.165) is 6.07 Å². The van der Waals surface area contributed by atoms with Crippen LogP contribution in [0.5, 0.6) is 11.5 Å². The van der Waals surface area contributed by atoms with Crippen LogP contribution in [0.2, 0.25) is 0 Å². The van der Waals surface area contributed by atoms with E-state index in [-0.39, 0.29) is 54.4 Å². The van der Waals surface area contributed by atoms with E-state index in [1.54, 1.807) is 13.0 Å². The maximum absolute atomic E-state index is 14.9. The Hall–Kier alpha value is -3.20. The molecule has 3 aromatic carbocycles. The molecule has 40 heavy (non-hydrogen) atoms. The van der Waals surface area contributed by atoms with Gasteiger partial charge in [-0.1, -0.05) is 31.5 Å². The van der Waals surface area contributed by atoms with Gasteiger partial charge in [0, 0.05) is 23.5 Å². The lowest BCUT2D eigenvalue weighted by molar-refractivity contribution is -0.0433. The van der Waals surface area contributed by atoms with Crippen molar-refractivity contribution in [2.75, 3.05) is 19.8 Å². The molecular formula is C31H32F6O3. The summed E-state index contributed by atoms with van der Waals surface area (Å²) < 4.78 is 104. The van der Waals surface area contributed by atoms with Gasteiger partial charge in [0.25, 0.3) is 0 Å². The molecule has 0 spiro atoms. The molecule has 0 saturated carbocycles. The van der Waals surface area contributed by atoms with Crippen LogP contribution in [-0.4, -0.2) is 26.0 Å². The lowest BCUT2D eigenvalue weighted by Gasteiger charge is -2.31. The van der Waals surface area contributed by atoms with Crippen LogP contribution < -0.4 is 9.47 Å². The highest BCUT2D eigenvalue weighted by atomic mass is 19.2. The van der Waals surface area contributed by atoms with E-state index in [1.165, 1.54) is 30.3 Å². The van der Waals surface area contributed by atoms with Gasteiger partial charge in [0.15, 0.2) is 34.8 Å². The summed E-state index contributed by atoms with van der Waals surface area (Å²) in [6.45, 7) is 3.64. The van der Waals surface area contributed by atoms with E-state index in [9.17, 15) is 26.3 Å². The first-order chi connectivity index (χ1) is 19.2. The van der Waals surface area contributed by atoms with Gasteiger partial charge in [-0.2, -0.15) is 4.39 Å². The summed E-state index contributed by atoms with van der Waals surface area (Å²) in [5, 5.41) is 0. The molecule has 0 aromatic heterocycles. The Kier molecular flexibility index (Phi) is 10.0. The highest BCUT2D eigenvalue weighted by molar-refractivity contribution is 5.66. The Morgan fingerprint density at radius 2 is 1.62 bits per heavy atom. The van der Waals surface area contributed by atoms with Crippen molar-refractivity contribution in [3.8, 4) is 22.6 Å². The lowest BCUT2D eigenvalue weighted by atomic mass is 9.90. The third kappa shape index (κ3) is 6.57. The molecular weight excluding hydrogens is 534 g/mol. The van der Waals surface area contributed by atoms with Crippen molar-refractivity contribution in [2.45, 2.75) is 58.2 Å². The Labute approximate surface area is 230 Å². The highest BCUT2D eigenvalue weighted by Crippen LogP contribution is 2.36. The third-order valence-corrected chi connectivity index (χ3v) is 7.12. The zero-order chi connectivity index (χ0) is 28.8. The maximum atomic E-state index is 14.9. The molecule has 216 valence electrons. The first kappa shape index (κ1) is 29.8. The van der Waals surface area contributed by atoms with Crippen molar-refractivity contribution in [3.05, 3.63) is 82.7 Å². The molecule has 1 saturated heterocycles. The number of ether oxygens (including phenoxy) is 3. The predicted octanol–water partition coefficient (Wildman–Crippen LogP) is 8.68. The molecule has 0 aliphatic carbocycles. The van der Waals surface area contributed by atoms with Crippen LogP contribution in [0.3, 0.4) is 0 Å². The zero-order valence-electron chi connectivity index (χ0n) is 22.4. The fourth-order valence-corrected chi connectivity index (χ4v) is 4.94. The normalized spacial score (nSPS) is 18.0. The minimum absolute atomic E-state index is 0.00822. The number of aryl methyl sites for hydroxylation is 1. The lowest BCUT2D eigenvalue weighted by Crippen LogP contribution is -2.29. The van der Waals surface area contributed by atoms with Crippen LogP contribution in [-0.2, 0) is 11.2 Å². The van der Waals surface area contributed by atoms with Crippen molar-refractivity contribution >= 4 is 0 Å². The molecule has 0 amide bonds. The molecule has 3 nitrogen and oxygen atoms in total. The number of hydrogen-bond acceptors (Lipinski definition) is 3. The Morgan fingerprint density at radius 3 is 2.30 bits per heavy atom. The van der Waals surface area contributed by atoms with Crippen molar-refractivity contribution in [1.29, 1.82) is 0 Å². The summed E-state index contributed by atoms with van der Waals surface area (Å²) in [7, 11) is 0. The van der Waals surface area contributed by atoms with E-state index in [0.29, 0.717) is 31.2 Å². The average molecular weight is 567 g/mol. The van der Waals surface area contributed by atoms with E-state index < -0.39 is 47.3 Å². The monoisotopic (exact) mass is 566 g/mol. The average Bonchev–Trinajstić information content (AvgIpc) is 2.95. The quantitative estimate of drug-likeness (QED) is 0.217. The maximum Gasteiger partial charge on any atom is 0.201 e. The van der Waals surface area contributed by atoms with Crippen LogP contribution in [0, 0.1) is 35.0 Å². The van der Waals surface area contributed by atoms with Gasteiger partial charge in [-0.3, -0.25) is 0 Å². The number of hydrogen-bond donors (Lipinski definition) is 0. The van der Waals surface area contributed by atoms with E-state index in [1.807, 2.05) is 6.92 Å². The van der Waals surface area contributed by atoms with Gasteiger partial charge >= 0.3 is 0 Å². The molecule has 0 N–H and O–H groups in total. The summed E-state index contributed by atoms with van der Waals surface area (Å²) in [5.41, 5.74) is 0.420. The number of halogens is 6. The van der Waals surface area contributed by atoms with Gasteiger partial charge in [-0.25, -0.2) is 22.0 Å². The van der Waals surface area contributed by atoms with Gasteiger partial charge in [0.05, 0.1) is 25.9 Å². The molecule has 1 heterocycles. The molecule has 1 fully saturated rings. The molecule has 4 rings (SSSR count). The highest BCUT2D eigenvalue weighted by Gasteiger charge is 2.31. The minimum atomic E-state index is -1.35. The molecule has 0 bridgehead atoms. The van der Waals surface area contributed by atoms with Gasteiger partial charge in [-0.15, -0.1) is 0 Å². The van der Waals surface area contributed by atoms with Crippen LogP contribution in [0.15, 0.2) is 42.5 Å². The number of alkyl halides is 1. The van der Waals surface area contributed by atoms with Crippen LogP contribution >= 0.6 is 0 Å². The van der Waals surface area contributed by atoms with Gasteiger partial charge in [0.2, 0.25) is 5.82 Å². The first-order valence-electron chi connectivity index (χ1n) is 13.5. The molecule has 1 aliphatic rings. The summed E-state index contributed by atoms with van der Waals surface area (Å²) in [5.74, 6) is -5.83. The Morgan fingerprint density at radius 1 is 0.850 bits per heavy atom. The fourth-order valence-electron chi connectivity index (χ4n) is 4.94. The standard InChI is InChI=1S/C31H32F6O3/c1-3-5-18-6-9-22(30(36)28(18)34)25-11-8-20(17-40-25)23(32)14-15-39-27-13-10-21(29(35)31(27)37)19-7-12-26(38-4-2)24(33)16-19/h6-7,9-10,12-13,16,20,23,25H,3-5,8,11,14-15,17H2,1-2H3. The largest absolute Gasteiger partial charge is 0.491 e. The molecule has 1 aliphatic heterocycles. The first-order valence-corrected chi connectivity index (χ1v) is 13.5. The van der Waals surface area contributed by atoms with Gasteiger partial charge < -0.3 is 14.2 Å². The molecule has 3 atom stereocenters.